The number of aryl methyl sites for hydroxylation is 1. The summed E-state index contributed by atoms with van der Waals surface area (Å²) in [5.74, 6) is -1.08. The largest absolute Gasteiger partial charge is 0.586 e. The Kier molecular flexibility index (Phi) is 5.34. The number of nitrogens with one attached hydrogen (secondary N) is 2. The molecule has 1 amide bonds. The topological polar surface area (TPSA) is 93.7 Å². The smallest absolute Gasteiger partial charge is 0.395 e. The quantitative estimate of drug-likeness (QED) is 0.764. The zero-order valence-electron chi connectivity index (χ0n) is 14.6. The first kappa shape index (κ1) is 19.8. The molecule has 0 aromatic heterocycles. The molecule has 2 aromatic rings. The highest BCUT2D eigenvalue weighted by atomic mass is 32.2. The van der Waals surface area contributed by atoms with E-state index in [1.165, 1.54) is 18.2 Å². The molecule has 0 radical (unpaired) electrons. The fourth-order valence-electron chi connectivity index (χ4n) is 2.29. The van der Waals surface area contributed by atoms with E-state index in [9.17, 15) is 22.0 Å². The standard InChI is InChI=1S/C18H16F2N2O5S/c1-12-2-4-13(5-3-12)8-9-28(24,25)21-11-17(23)22-14-6-7-15-16(10-14)27-18(19,20)26-15/h2-10,21H,11H2,1H3,(H,22,23). The van der Waals surface area contributed by atoms with E-state index in [4.69, 9.17) is 0 Å². The number of rotatable bonds is 6. The van der Waals surface area contributed by atoms with Crippen molar-refractivity contribution in [1.82, 2.24) is 4.72 Å². The van der Waals surface area contributed by atoms with Gasteiger partial charge in [0, 0.05) is 17.2 Å². The Morgan fingerprint density at radius 1 is 1.11 bits per heavy atom. The van der Waals surface area contributed by atoms with Gasteiger partial charge in [0.1, 0.15) is 0 Å². The fraction of sp³-hybridized carbons (Fsp3) is 0.167. The van der Waals surface area contributed by atoms with Gasteiger partial charge in [-0.1, -0.05) is 29.8 Å². The molecule has 2 aromatic carbocycles. The van der Waals surface area contributed by atoms with Gasteiger partial charge < -0.3 is 14.8 Å². The molecule has 0 saturated heterocycles. The third-order valence-electron chi connectivity index (χ3n) is 3.64. The van der Waals surface area contributed by atoms with E-state index in [0.29, 0.717) is 5.56 Å². The van der Waals surface area contributed by atoms with Crippen molar-refractivity contribution in [2.45, 2.75) is 13.2 Å². The van der Waals surface area contributed by atoms with Crippen LogP contribution in [0.3, 0.4) is 0 Å². The Balaban J connectivity index is 1.55. The second-order valence-electron chi connectivity index (χ2n) is 5.96. The molecule has 28 heavy (non-hydrogen) atoms. The van der Waals surface area contributed by atoms with E-state index < -0.39 is 28.8 Å². The summed E-state index contributed by atoms with van der Waals surface area (Å²) in [7, 11) is -3.84. The van der Waals surface area contributed by atoms with Crippen LogP contribution in [0.2, 0.25) is 0 Å². The molecule has 10 heteroatoms. The monoisotopic (exact) mass is 410 g/mol. The molecule has 0 atom stereocenters. The molecule has 0 fully saturated rings. The minimum absolute atomic E-state index is 0.152. The minimum atomic E-state index is -3.84. The molecule has 1 aliphatic heterocycles. The maximum atomic E-state index is 13.0. The van der Waals surface area contributed by atoms with Crippen molar-refractivity contribution in [3.8, 4) is 11.5 Å². The van der Waals surface area contributed by atoms with Crippen molar-refractivity contribution in [2.75, 3.05) is 11.9 Å². The average molecular weight is 410 g/mol. The Hall–Kier alpha value is -2.98. The maximum absolute atomic E-state index is 13.0. The van der Waals surface area contributed by atoms with Crippen LogP contribution in [-0.4, -0.2) is 27.2 Å². The summed E-state index contributed by atoms with van der Waals surface area (Å²) in [4.78, 5) is 11.9. The highest BCUT2D eigenvalue weighted by Gasteiger charge is 2.43. The molecule has 1 heterocycles. The first-order valence-corrected chi connectivity index (χ1v) is 9.61. The van der Waals surface area contributed by atoms with E-state index in [0.717, 1.165) is 17.0 Å². The van der Waals surface area contributed by atoms with Gasteiger partial charge in [0.15, 0.2) is 11.5 Å². The predicted molar refractivity (Wildman–Crippen MR) is 98.4 cm³/mol. The highest BCUT2D eigenvalue weighted by Crippen LogP contribution is 2.42. The van der Waals surface area contributed by atoms with Gasteiger partial charge in [0.05, 0.1) is 6.54 Å². The van der Waals surface area contributed by atoms with E-state index in [2.05, 4.69) is 19.5 Å². The number of hydrogen-bond donors (Lipinski definition) is 2. The molecule has 2 N–H and O–H groups in total. The van der Waals surface area contributed by atoms with Gasteiger partial charge in [0.25, 0.3) is 0 Å². The van der Waals surface area contributed by atoms with Crippen LogP contribution >= 0.6 is 0 Å². The van der Waals surface area contributed by atoms with E-state index >= 15 is 0 Å². The van der Waals surface area contributed by atoms with E-state index in [-0.39, 0.29) is 17.2 Å². The van der Waals surface area contributed by atoms with Crippen LogP contribution in [0.15, 0.2) is 47.9 Å². The van der Waals surface area contributed by atoms with Gasteiger partial charge in [-0.15, -0.1) is 8.78 Å². The molecule has 0 bridgehead atoms. The summed E-state index contributed by atoms with van der Waals surface area (Å²) in [6.45, 7) is 1.38. The van der Waals surface area contributed by atoms with Crippen LogP contribution < -0.4 is 19.5 Å². The third kappa shape index (κ3) is 5.27. The zero-order chi connectivity index (χ0) is 20.4. The number of ether oxygens (including phenoxy) is 2. The van der Waals surface area contributed by atoms with Crippen LogP contribution in [0.1, 0.15) is 11.1 Å². The number of carbonyl (C=O) groups excluding carboxylic acids is 1. The highest BCUT2D eigenvalue weighted by molar-refractivity contribution is 7.92. The van der Waals surface area contributed by atoms with Crippen molar-refractivity contribution in [3.05, 3.63) is 59.0 Å². The number of benzene rings is 2. The lowest BCUT2D eigenvalue weighted by molar-refractivity contribution is -0.286. The van der Waals surface area contributed by atoms with Crippen LogP contribution in [0, 0.1) is 6.92 Å². The second kappa shape index (κ2) is 7.56. The normalized spacial score (nSPS) is 15.0. The van der Waals surface area contributed by atoms with Crippen LogP contribution in [0.5, 0.6) is 11.5 Å². The number of sulfonamides is 1. The van der Waals surface area contributed by atoms with Gasteiger partial charge in [-0.2, -0.15) is 0 Å². The summed E-state index contributed by atoms with van der Waals surface area (Å²) >= 11 is 0. The Morgan fingerprint density at radius 2 is 1.79 bits per heavy atom. The molecule has 0 spiro atoms. The molecular formula is C18H16F2N2O5S. The lowest BCUT2D eigenvalue weighted by Crippen LogP contribution is -2.31. The number of halogens is 2. The lowest BCUT2D eigenvalue weighted by atomic mass is 10.2. The molecule has 148 valence electrons. The summed E-state index contributed by atoms with van der Waals surface area (Å²) < 4.78 is 60.5. The van der Waals surface area contributed by atoms with Gasteiger partial charge in [-0.05, 0) is 30.7 Å². The summed E-state index contributed by atoms with van der Waals surface area (Å²) in [5, 5.41) is 3.33. The summed E-state index contributed by atoms with van der Waals surface area (Å²) in [6.07, 6.45) is -2.36. The maximum Gasteiger partial charge on any atom is 0.586 e. The number of carbonyl (C=O) groups is 1. The summed E-state index contributed by atoms with van der Waals surface area (Å²) in [6, 6.07) is 10.9. The first-order chi connectivity index (χ1) is 13.1. The van der Waals surface area contributed by atoms with Gasteiger partial charge in [-0.25, -0.2) is 13.1 Å². The third-order valence-corrected chi connectivity index (χ3v) is 4.68. The minimum Gasteiger partial charge on any atom is -0.395 e. The molecule has 0 aliphatic carbocycles. The number of alkyl halides is 2. The predicted octanol–water partition coefficient (Wildman–Crippen LogP) is 2.85. The molecule has 1 aliphatic rings. The van der Waals surface area contributed by atoms with Crippen LogP contribution in [-0.2, 0) is 14.8 Å². The van der Waals surface area contributed by atoms with E-state index in [1.54, 1.807) is 12.1 Å². The van der Waals surface area contributed by atoms with Crippen molar-refractivity contribution < 1.29 is 31.5 Å². The van der Waals surface area contributed by atoms with Crippen LogP contribution in [0.25, 0.3) is 6.08 Å². The molecule has 0 unspecified atom stereocenters. The van der Waals surface area contributed by atoms with Crippen molar-refractivity contribution in [2.24, 2.45) is 0 Å². The number of anilines is 1. The molecule has 7 nitrogen and oxygen atoms in total. The average Bonchev–Trinajstić information content (AvgIpc) is 2.93. The van der Waals surface area contributed by atoms with E-state index in [1.807, 2.05) is 19.1 Å². The van der Waals surface area contributed by atoms with Crippen LogP contribution in [0.4, 0.5) is 14.5 Å². The second-order valence-corrected chi connectivity index (χ2v) is 7.61. The lowest BCUT2D eigenvalue weighted by Gasteiger charge is -2.06. The summed E-state index contributed by atoms with van der Waals surface area (Å²) in [5.41, 5.74) is 1.89. The number of amides is 1. The number of hydrogen-bond acceptors (Lipinski definition) is 5. The van der Waals surface area contributed by atoms with Crippen molar-refractivity contribution >= 4 is 27.7 Å². The Morgan fingerprint density at radius 3 is 2.50 bits per heavy atom. The zero-order valence-corrected chi connectivity index (χ0v) is 15.4. The van der Waals surface area contributed by atoms with Gasteiger partial charge >= 0.3 is 6.29 Å². The van der Waals surface area contributed by atoms with Gasteiger partial charge in [0.2, 0.25) is 15.9 Å². The molecular weight excluding hydrogens is 394 g/mol. The Labute approximate surface area is 160 Å². The van der Waals surface area contributed by atoms with Crippen molar-refractivity contribution in [1.29, 1.82) is 0 Å². The SMILES string of the molecule is Cc1ccc(C=CS(=O)(=O)NCC(=O)Nc2ccc3c(c2)OC(F)(F)O3)cc1. The number of fused-ring (bicyclic) bond motifs is 1. The Bertz CT molecular complexity index is 1020. The fourth-order valence-corrected chi connectivity index (χ4v) is 3.06. The van der Waals surface area contributed by atoms with Crippen molar-refractivity contribution in [3.63, 3.8) is 0 Å². The molecule has 0 saturated carbocycles. The molecule has 3 rings (SSSR count). The van der Waals surface area contributed by atoms with Gasteiger partial charge in [-0.3, -0.25) is 4.79 Å². The first-order valence-electron chi connectivity index (χ1n) is 8.06.